The molecule has 0 N–H and O–H groups in total. The highest BCUT2D eigenvalue weighted by molar-refractivity contribution is 5.79. The van der Waals surface area contributed by atoms with E-state index in [1.807, 2.05) is 30.3 Å². The smallest absolute Gasteiger partial charge is 0.410 e. The van der Waals surface area contributed by atoms with Gasteiger partial charge >= 0.3 is 12.1 Å². The Labute approximate surface area is 123 Å². The molecule has 5 nitrogen and oxygen atoms in total. The summed E-state index contributed by atoms with van der Waals surface area (Å²) in [7, 11) is 0. The van der Waals surface area contributed by atoms with Crippen LogP contribution in [0.5, 0.6) is 0 Å². The first-order valence-electron chi connectivity index (χ1n) is 6.97. The molecule has 2 saturated heterocycles. The predicted octanol–water partition coefficient (Wildman–Crippen LogP) is 1.98. The number of hydrogen-bond donors (Lipinski definition) is 0. The maximum Gasteiger partial charge on any atom is 0.410 e. The number of benzene rings is 1. The van der Waals surface area contributed by atoms with Crippen LogP contribution in [-0.4, -0.2) is 36.2 Å². The van der Waals surface area contributed by atoms with Gasteiger partial charge in [0.2, 0.25) is 0 Å². The first-order chi connectivity index (χ1) is 10.2. The number of carbonyl (C=O) groups is 2. The largest absolute Gasteiger partial charge is 0.463 e. The molecule has 3 atom stereocenters. The Morgan fingerprint density at radius 1 is 1.43 bits per heavy atom. The number of ether oxygens (including phenoxy) is 2. The van der Waals surface area contributed by atoms with E-state index in [1.165, 1.54) is 0 Å². The van der Waals surface area contributed by atoms with Crippen molar-refractivity contribution in [3.63, 3.8) is 0 Å². The fourth-order valence-corrected chi connectivity index (χ4v) is 2.98. The van der Waals surface area contributed by atoms with Gasteiger partial charge in [0.15, 0.2) is 0 Å². The normalized spacial score (nSPS) is 27.1. The van der Waals surface area contributed by atoms with Gasteiger partial charge in [-0.3, -0.25) is 4.79 Å². The maximum atomic E-state index is 12.2. The lowest BCUT2D eigenvalue weighted by Crippen LogP contribution is -2.38. The van der Waals surface area contributed by atoms with Gasteiger partial charge in [-0.15, -0.1) is 6.58 Å². The number of fused-ring (bicyclic) bond motifs is 1. The van der Waals surface area contributed by atoms with Crippen LogP contribution in [0.2, 0.25) is 0 Å². The molecule has 3 rings (SSSR count). The van der Waals surface area contributed by atoms with Crippen molar-refractivity contribution in [3.05, 3.63) is 48.6 Å². The zero-order valence-electron chi connectivity index (χ0n) is 11.6. The van der Waals surface area contributed by atoms with Crippen LogP contribution in [0.15, 0.2) is 43.0 Å². The summed E-state index contributed by atoms with van der Waals surface area (Å²) in [5.41, 5.74) is 0.931. The van der Waals surface area contributed by atoms with Gasteiger partial charge in [-0.2, -0.15) is 0 Å². The molecule has 2 heterocycles. The molecule has 0 saturated carbocycles. The molecule has 0 spiro atoms. The van der Waals surface area contributed by atoms with E-state index in [0.717, 1.165) is 5.56 Å². The number of esters is 1. The van der Waals surface area contributed by atoms with Gasteiger partial charge in [0.25, 0.3) is 0 Å². The second-order valence-electron chi connectivity index (χ2n) is 5.32. The summed E-state index contributed by atoms with van der Waals surface area (Å²) < 4.78 is 10.4. The zero-order valence-corrected chi connectivity index (χ0v) is 11.6. The van der Waals surface area contributed by atoms with Crippen LogP contribution in [0.3, 0.4) is 0 Å². The van der Waals surface area contributed by atoms with Crippen molar-refractivity contribution >= 4 is 12.1 Å². The third-order valence-corrected chi connectivity index (χ3v) is 4.09. The second-order valence-corrected chi connectivity index (χ2v) is 5.32. The number of rotatable bonds is 3. The third kappa shape index (κ3) is 2.51. The summed E-state index contributed by atoms with van der Waals surface area (Å²) >= 11 is 0. The molecule has 0 aliphatic carbocycles. The van der Waals surface area contributed by atoms with Crippen molar-refractivity contribution < 1.29 is 19.1 Å². The van der Waals surface area contributed by atoms with Crippen molar-refractivity contribution in [2.24, 2.45) is 11.8 Å². The topological polar surface area (TPSA) is 55.8 Å². The minimum absolute atomic E-state index is 0.0609. The molecule has 0 bridgehead atoms. The van der Waals surface area contributed by atoms with Crippen LogP contribution < -0.4 is 0 Å². The van der Waals surface area contributed by atoms with E-state index in [2.05, 4.69) is 6.58 Å². The maximum absolute atomic E-state index is 12.2. The Morgan fingerprint density at radius 3 is 2.90 bits per heavy atom. The van der Waals surface area contributed by atoms with Gasteiger partial charge < -0.3 is 14.4 Å². The lowest BCUT2D eigenvalue weighted by atomic mass is 9.93. The predicted molar refractivity (Wildman–Crippen MR) is 75.3 cm³/mol. The summed E-state index contributed by atoms with van der Waals surface area (Å²) in [5.74, 6) is -0.607. The SMILES string of the molecule is C=C[C@@H]1CN(C(=O)OCc2ccccc2)[C@@H]2COC(=O)[C@H]12. The molecule has 2 aliphatic rings. The number of cyclic esters (lactones) is 1. The van der Waals surface area contributed by atoms with Gasteiger partial charge in [-0.1, -0.05) is 36.4 Å². The summed E-state index contributed by atoms with van der Waals surface area (Å²) in [6, 6.07) is 9.26. The third-order valence-electron chi connectivity index (χ3n) is 4.09. The minimum atomic E-state index is -0.406. The molecule has 1 amide bonds. The van der Waals surface area contributed by atoms with E-state index in [0.29, 0.717) is 6.54 Å². The molecular weight excluding hydrogens is 270 g/mol. The van der Waals surface area contributed by atoms with Gasteiger partial charge in [-0.05, 0) is 5.56 Å². The molecule has 2 aliphatic heterocycles. The molecule has 21 heavy (non-hydrogen) atoms. The standard InChI is InChI=1S/C16H17NO4/c1-2-12-8-17(13-10-20-15(18)14(12)13)16(19)21-9-11-6-4-3-5-7-11/h2-7,12-14H,1,8-10H2/t12-,13-,14-/m1/s1. The van der Waals surface area contributed by atoms with Gasteiger partial charge in [-0.25, -0.2) is 4.79 Å². The first kappa shape index (κ1) is 13.7. The van der Waals surface area contributed by atoms with Gasteiger partial charge in [0.05, 0.1) is 12.0 Å². The highest BCUT2D eigenvalue weighted by Crippen LogP contribution is 2.36. The van der Waals surface area contributed by atoms with Crippen molar-refractivity contribution in [2.75, 3.05) is 13.2 Å². The van der Waals surface area contributed by atoms with E-state index >= 15 is 0 Å². The van der Waals surface area contributed by atoms with Crippen LogP contribution in [-0.2, 0) is 20.9 Å². The molecular formula is C16H17NO4. The molecule has 0 aromatic heterocycles. The van der Waals surface area contributed by atoms with Gasteiger partial charge in [0.1, 0.15) is 13.2 Å². The van der Waals surface area contributed by atoms with Crippen molar-refractivity contribution in [2.45, 2.75) is 12.6 Å². The Bertz CT molecular complexity index is 557. The number of hydrogen-bond acceptors (Lipinski definition) is 4. The van der Waals surface area contributed by atoms with E-state index in [4.69, 9.17) is 9.47 Å². The minimum Gasteiger partial charge on any atom is -0.463 e. The average Bonchev–Trinajstić information content (AvgIpc) is 3.07. The van der Waals surface area contributed by atoms with Crippen molar-refractivity contribution in [1.29, 1.82) is 0 Å². The molecule has 2 fully saturated rings. The molecule has 0 radical (unpaired) electrons. The average molecular weight is 287 g/mol. The fraction of sp³-hybridized carbons (Fsp3) is 0.375. The number of carbonyl (C=O) groups excluding carboxylic acids is 2. The Morgan fingerprint density at radius 2 is 2.19 bits per heavy atom. The number of amides is 1. The van der Waals surface area contributed by atoms with Crippen LogP contribution in [0.25, 0.3) is 0 Å². The Kier molecular flexibility index (Phi) is 3.64. The summed E-state index contributed by atoms with van der Waals surface area (Å²) in [5, 5.41) is 0. The Hall–Kier alpha value is -2.30. The summed E-state index contributed by atoms with van der Waals surface area (Å²) in [4.78, 5) is 25.5. The lowest BCUT2D eigenvalue weighted by molar-refractivity contribution is -0.142. The first-order valence-corrected chi connectivity index (χ1v) is 6.97. The van der Waals surface area contributed by atoms with Gasteiger partial charge in [0, 0.05) is 12.5 Å². The highest BCUT2D eigenvalue weighted by Gasteiger charge is 2.52. The molecule has 1 aromatic carbocycles. The van der Waals surface area contributed by atoms with E-state index < -0.39 is 6.09 Å². The number of nitrogens with zero attached hydrogens (tertiary/aromatic N) is 1. The summed E-state index contributed by atoms with van der Waals surface area (Å²) in [6.07, 6.45) is 1.31. The fourth-order valence-electron chi connectivity index (χ4n) is 2.98. The van der Waals surface area contributed by atoms with Crippen molar-refractivity contribution in [1.82, 2.24) is 4.90 Å². The zero-order chi connectivity index (χ0) is 14.8. The van der Waals surface area contributed by atoms with Crippen LogP contribution in [0.1, 0.15) is 5.56 Å². The highest BCUT2D eigenvalue weighted by atomic mass is 16.6. The molecule has 5 heteroatoms. The van der Waals surface area contributed by atoms with Crippen LogP contribution >= 0.6 is 0 Å². The molecule has 1 aromatic rings. The van der Waals surface area contributed by atoms with E-state index in [9.17, 15) is 9.59 Å². The summed E-state index contributed by atoms with van der Waals surface area (Å²) in [6.45, 7) is 4.67. The quantitative estimate of drug-likeness (QED) is 0.630. The second kappa shape index (κ2) is 5.60. The van der Waals surface area contributed by atoms with E-state index in [-0.39, 0.29) is 37.1 Å². The van der Waals surface area contributed by atoms with Crippen molar-refractivity contribution in [3.8, 4) is 0 Å². The van der Waals surface area contributed by atoms with Crippen LogP contribution in [0, 0.1) is 11.8 Å². The van der Waals surface area contributed by atoms with Crippen LogP contribution in [0.4, 0.5) is 4.79 Å². The Balaban J connectivity index is 1.65. The molecule has 0 unspecified atom stereocenters. The number of likely N-dealkylation sites (tertiary alicyclic amines) is 1. The van der Waals surface area contributed by atoms with E-state index in [1.54, 1.807) is 11.0 Å². The lowest BCUT2D eigenvalue weighted by Gasteiger charge is -2.21. The monoisotopic (exact) mass is 287 g/mol. The molecule has 110 valence electrons.